The highest BCUT2D eigenvalue weighted by Gasteiger charge is 2.06. The van der Waals surface area contributed by atoms with Crippen molar-refractivity contribution in [3.8, 4) is 0 Å². The highest BCUT2D eigenvalue weighted by Crippen LogP contribution is 2.07. The van der Waals surface area contributed by atoms with Crippen LogP contribution in [0.1, 0.15) is 20.7 Å². The molecule has 1 rings (SSSR count). The first-order valence-corrected chi connectivity index (χ1v) is 5.14. The van der Waals surface area contributed by atoms with Crippen molar-refractivity contribution in [2.75, 3.05) is 11.9 Å². The molecule has 0 aliphatic rings. The lowest BCUT2D eigenvalue weighted by molar-refractivity contribution is 0.0903. The van der Waals surface area contributed by atoms with Gasteiger partial charge in [0.25, 0.3) is 0 Å². The molecule has 3 nitrogen and oxygen atoms in total. The van der Waals surface area contributed by atoms with Gasteiger partial charge in [-0.25, -0.2) is 0 Å². The van der Waals surface area contributed by atoms with Crippen LogP contribution in [0.15, 0.2) is 24.3 Å². The molecule has 0 atom stereocenters. The van der Waals surface area contributed by atoms with Crippen LogP contribution < -0.4 is 0 Å². The fourth-order valence-corrected chi connectivity index (χ4v) is 1.33. The Kier molecular flexibility index (Phi) is 3.98. The number of Topliss-reactive ketones (excluding diaryl/α,β-unsaturated/α-hetero) is 2. The van der Waals surface area contributed by atoms with Gasteiger partial charge in [-0.3, -0.25) is 9.59 Å². The summed E-state index contributed by atoms with van der Waals surface area (Å²) in [5.41, 5.74) is 0.968. The van der Waals surface area contributed by atoms with E-state index in [1.165, 1.54) is 12.1 Å². The Morgan fingerprint density at radius 1 is 1.07 bits per heavy atom. The predicted molar refractivity (Wildman–Crippen MR) is 56.0 cm³/mol. The van der Waals surface area contributed by atoms with Crippen molar-refractivity contribution in [2.24, 2.45) is 0 Å². The van der Waals surface area contributed by atoms with Crippen molar-refractivity contribution < 1.29 is 14.7 Å². The van der Waals surface area contributed by atoms with Gasteiger partial charge in [0.2, 0.25) is 0 Å². The molecule has 0 spiro atoms. The summed E-state index contributed by atoms with van der Waals surface area (Å²) in [5.74, 6) is -0.379. The normalized spacial score (nSPS) is 9.86. The van der Waals surface area contributed by atoms with Gasteiger partial charge in [-0.1, -0.05) is 40.2 Å². The van der Waals surface area contributed by atoms with E-state index in [0.29, 0.717) is 11.1 Å². The minimum absolute atomic E-state index is 0.0343. The average Bonchev–Trinajstić information content (AvgIpc) is 2.27. The van der Waals surface area contributed by atoms with E-state index in [1.807, 2.05) is 0 Å². The number of halogens is 1. The molecule has 1 aromatic carbocycles. The van der Waals surface area contributed by atoms with Gasteiger partial charge < -0.3 is 5.11 Å². The number of carbonyl (C=O) groups excluding carboxylic acids is 2. The van der Waals surface area contributed by atoms with Crippen LogP contribution in [0.2, 0.25) is 0 Å². The van der Waals surface area contributed by atoms with Gasteiger partial charge in [0.15, 0.2) is 11.6 Å². The third kappa shape index (κ3) is 2.49. The van der Waals surface area contributed by atoms with Gasteiger partial charge >= 0.3 is 0 Å². The summed E-state index contributed by atoms with van der Waals surface area (Å²) in [6, 6.07) is 6.22. The molecule has 0 saturated carbocycles. The molecule has 1 N–H and O–H groups in total. The second kappa shape index (κ2) is 5.02. The fourth-order valence-electron chi connectivity index (χ4n) is 1.01. The van der Waals surface area contributed by atoms with Crippen molar-refractivity contribution >= 4 is 27.5 Å². The van der Waals surface area contributed by atoms with E-state index >= 15 is 0 Å². The highest BCUT2D eigenvalue weighted by molar-refractivity contribution is 9.09. The Morgan fingerprint density at radius 2 is 1.50 bits per heavy atom. The lowest BCUT2D eigenvalue weighted by Crippen LogP contribution is -2.05. The van der Waals surface area contributed by atoms with E-state index in [2.05, 4.69) is 15.9 Å². The summed E-state index contributed by atoms with van der Waals surface area (Å²) in [7, 11) is 0. The summed E-state index contributed by atoms with van der Waals surface area (Å²) in [6.07, 6.45) is 0. The summed E-state index contributed by atoms with van der Waals surface area (Å²) in [6.45, 7) is -0.508. The monoisotopic (exact) mass is 256 g/mol. The van der Waals surface area contributed by atoms with E-state index in [-0.39, 0.29) is 16.9 Å². The summed E-state index contributed by atoms with van der Waals surface area (Å²) in [5, 5.41) is 8.85. The number of hydrogen-bond donors (Lipinski definition) is 1. The number of aliphatic hydroxyl groups excluding tert-OH is 1. The van der Waals surface area contributed by atoms with Crippen LogP contribution in [0.25, 0.3) is 0 Å². The lowest BCUT2D eigenvalue weighted by atomic mass is 10.1. The minimum atomic E-state index is -0.508. The Balaban J connectivity index is 2.89. The molecule has 0 heterocycles. The molecule has 0 fully saturated rings. The van der Waals surface area contributed by atoms with Crippen LogP contribution >= 0.6 is 15.9 Å². The number of ketones is 2. The van der Waals surface area contributed by atoms with Crippen molar-refractivity contribution in [3.63, 3.8) is 0 Å². The number of benzene rings is 1. The second-order valence-corrected chi connectivity index (χ2v) is 3.28. The summed E-state index contributed by atoms with van der Waals surface area (Å²) in [4.78, 5) is 22.2. The molecule has 0 bridgehead atoms. The van der Waals surface area contributed by atoms with Crippen molar-refractivity contribution in [1.29, 1.82) is 0 Å². The average molecular weight is 257 g/mol. The number of aliphatic hydroxyl groups is 1. The maximum Gasteiger partial charge on any atom is 0.188 e. The van der Waals surface area contributed by atoms with Gasteiger partial charge in [0, 0.05) is 11.1 Å². The van der Waals surface area contributed by atoms with Crippen molar-refractivity contribution in [2.45, 2.75) is 0 Å². The standard InChI is InChI=1S/C10H9BrO3/c11-5-9(13)7-1-3-8(4-2-7)10(14)6-12/h1-4,12H,5-6H2. The van der Waals surface area contributed by atoms with E-state index in [9.17, 15) is 9.59 Å². The molecule has 0 aromatic heterocycles. The van der Waals surface area contributed by atoms with Gasteiger partial charge in [0.1, 0.15) is 6.61 Å². The Hall–Kier alpha value is -1.00. The predicted octanol–water partition coefficient (Wildman–Crippen LogP) is 1.44. The number of alkyl halides is 1. The van der Waals surface area contributed by atoms with Crippen molar-refractivity contribution in [1.82, 2.24) is 0 Å². The molecule has 0 aliphatic carbocycles. The zero-order valence-electron chi connectivity index (χ0n) is 7.37. The number of carbonyl (C=O) groups is 2. The van der Waals surface area contributed by atoms with Crippen LogP contribution in [-0.4, -0.2) is 28.6 Å². The Bertz CT molecular complexity index is 308. The second-order valence-electron chi connectivity index (χ2n) is 2.72. The molecular formula is C10H9BrO3. The van der Waals surface area contributed by atoms with E-state index in [0.717, 1.165) is 0 Å². The smallest absolute Gasteiger partial charge is 0.188 e. The third-order valence-electron chi connectivity index (χ3n) is 1.79. The molecule has 0 radical (unpaired) electrons. The molecule has 0 amide bonds. The number of rotatable bonds is 4. The van der Waals surface area contributed by atoms with Gasteiger partial charge in [-0.15, -0.1) is 0 Å². The summed E-state index contributed by atoms with van der Waals surface area (Å²) >= 11 is 3.06. The van der Waals surface area contributed by atoms with Crippen molar-refractivity contribution in [3.05, 3.63) is 35.4 Å². The highest BCUT2D eigenvalue weighted by atomic mass is 79.9. The SMILES string of the molecule is O=C(CO)c1ccc(C(=O)CBr)cc1. The lowest BCUT2D eigenvalue weighted by Gasteiger charge is -1.99. The molecule has 14 heavy (non-hydrogen) atoms. The Morgan fingerprint density at radius 3 is 1.86 bits per heavy atom. The quantitative estimate of drug-likeness (QED) is 0.655. The first-order chi connectivity index (χ1) is 6.69. The fraction of sp³-hybridized carbons (Fsp3) is 0.200. The van der Waals surface area contributed by atoms with Crippen LogP contribution in [0.3, 0.4) is 0 Å². The molecule has 74 valence electrons. The van der Waals surface area contributed by atoms with Crippen LogP contribution in [-0.2, 0) is 0 Å². The Labute approximate surface area is 89.9 Å². The molecule has 1 aromatic rings. The number of hydrogen-bond acceptors (Lipinski definition) is 3. The maximum atomic E-state index is 11.2. The van der Waals surface area contributed by atoms with Gasteiger partial charge in [0.05, 0.1) is 5.33 Å². The van der Waals surface area contributed by atoms with Gasteiger partial charge in [-0.2, -0.15) is 0 Å². The van der Waals surface area contributed by atoms with Crippen LogP contribution in [0.5, 0.6) is 0 Å². The van der Waals surface area contributed by atoms with Crippen LogP contribution in [0, 0.1) is 0 Å². The zero-order chi connectivity index (χ0) is 10.6. The first-order valence-electron chi connectivity index (χ1n) is 4.02. The minimum Gasteiger partial charge on any atom is -0.388 e. The molecule has 0 aliphatic heterocycles. The maximum absolute atomic E-state index is 11.2. The largest absolute Gasteiger partial charge is 0.388 e. The molecular weight excluding hydrogens is 248 g/mol. The topological polar surface area (TPSA) is 54.4 Å². The van der Waals surface area contributed by atoms with E-state index in [1.54, 1.807) is 12.1 Å². The molecule has 4 heteroatoms. The molecule has 0 saturated heterocycles. The summed E-state index contributed by atoms with van der Waals surface area (Å²) < 4.78 is 0. The van der Waals surface area contributed by atoms with Crippen LogP contribution in [0.4, 0.5) is 0 Å². The van der Waals surface area contributed by atoms with Gasteiger partial charge in [-0.05, 0) is 0 Å². The third-order valence-corrected chi connectivity index (χ3v) is 2.30. The van der Waals surface area contributed by atoms with E-state index in [4.69, 9.17) is 5.11 Å². The van der Waals surface area contributed by atoms with E-state index < -0.39 is 6.61 Å². The molecule has 0 unspecified atom stereocenters. The first kappa shape index (κ1) is 11.1. The zero-order valence-corrected chi connectivity index (χ0v) is 8.95.